The van der Waals surface area contributed by atoms with Gasteiger partial charge in [0, 0.05) is 25.2 Å². The minimum atomic E-state index is -3.58. The highest BCUT2D eigenvalue weighted by molar-refractivity contribution is 7.89. The number of nitrogens with one attached hydrogen (secondary N) is 1. The first kappa shape index (κ1) is 18.4. The van der Waals surface area contributed by atoms with Gasteiger partial charge in [0.1, 0.15) is 5.82 Å². The summed E-state index contributed by atoms with van der Waals surface area (Å²) in [6, 6.07) is 2.80. The molecule has 4 nitrogen and oxygen atoms in total. The molecule has 0 amide bonds. The Hall–Kier alpha value is -0.690. The Balaban J connectivity index is 0.00000220. The van der Waals surface area contributed by atoms with Crippen molar-refractivity contribution in [3.63, 3.8) is 0 Å². The molecule has 0 bridgehead atoms. The summed E-state index contributed by atoms with van der Waals surface area (Å²) in [5.41, 5.74) is 0.721. The molecule has 21 heavy (non-hydrogen) atoms. The summed E-state index contributed by atoms with van der Waals surface area (Å²) in [4.78, 5) is 0.176. The normalized spacial score (nSPS) is 23.7. The second kappa shape index (κ2) is 6.60. The van der Waals surface area contributed by atoms with Gasteiger partial charge < -0.3 is 5.32 Å². The molecule has 120 valence electrons. The molecule has 1 aromatic carbocycles. The summed E-state index contributed by atoms with van der Waals surface area (Å²) in [6.07, 6.45) is 0. The molecule has 2 atom stereocenters. The van der Waals surface area contributed by atoms with Crippen LogP contribution in [0.3, 0.4) is 0 Å². The Kier molecular flexibility index (Phi) is 5.77. The second-order valence-corrected chi connectivity index (χ2v) is 7.36. The first-order valence-electron chi connectivity index (χ1n) is 6.77. The lowest BCUT2D eigenvalue weighted by Gasteiger charge is -2.37. The summed E-state index contributed by atoms with van der Waals surface area (Å²) in [5, 5.41) is 3.25. The lowest BCUT2D eigenvalue weighted by molar-refractivity contribution is 0.233. The van der Waals surface area contributed by atoms with Gasteiger partial charge in [-0.15, -0.1) is 12.4 Å². The van der Waals surface area contributed by atoms with E-state index in [0.717, 1.165) is 0 Å². The zero-order valence-electron chi connectivity index (χ0n) is 12.7. The first-order valence-corrected chi connectivity index (χ1v) is 8.21. The Bertz CT molecular complexity index is 598. The van der Waals surface area contributed by atoms with Crippen molar-refractivity contribution in [1.29, 1.82) is 0 Å². The van der Waals surface area contributed by atoms with Gasteiger partial charge in [-0.3, -0.25) is 0 Å². The highest BCUT2D eigenvalue weighted by Crippen LogP contribution is 2.24. The summed E-state index contributed by atoms with van der Waals surface area (Å²) < 4.78 is 40.6. The van der Waals surface area contributed by atoms with Crippen LogP contribution < -0.4 is 5.32 Å². The molecule has 2 rings (SSSR count). The van der Waals surface area contributed by atoms with E-state index < -0.39 is 10.0 Å². The van der Waals surface area contributed by atoms with Gasteiger partial charge in [-0.05, 0) is 51.0 Å². The van der Waals surface area contributed by atoms with Gasteiger partial charge in [0.25, 0.3) is 0 Å². The van der Waals surface area contributed by atoms with Crippen molar-refractivity contribution < 1.29 is 12.8 Å². The van der Waals surface area contributed by atoms with Crippen LogP contribution in [0.25, 0.3) is 0 Å². The highest BCUT2D eigenvalue weighted by atomic mass is 35.5. The summed E-state index contributed by atoms with van der Waals surface area (Å²) in [6.45, 7) is 8.09. The number of halogens is 2. The number of rotatable bonds is 2. The molecule has 1 N–H and O–H groups in total. The van der Waals surface area contributed by atoms with Crippen molar-refractivity contribution in [2.75, 3.05) is 13.1 Å². The number of nitrogens with zero attached hydrogens (tertiary/aromatic N) is 1. The molecule has 2 unspecified atom stereocenters. The van der Waals surface area contributed by atoms with Crippen molar-refractivity contribution in [2.45, 2.75) is 44.7 Å². The fraction of sp³-hybridized carbons (Fsp3) is 0.571. The number of benzene rings is 1. The molecule has 0 spiro atoms. The fourth-order valence-electron chi connectivity index (χ4n) is 2.56. The average Bonchev–Trinajstić information content (AvgIpc) is 2.38. The van der Waals surface area contributed by atoms with E-state index in [-0.39, 0.29) is 35.2 Å². The smallest absolute Gasteiger partial charge is 0.243 e. The zero-order chi connectivity index (χ0) is 15.1. The maximum atomic E-state index is 13.7. The number of hydrogen-bond donors (Lipinski definition) is 1. The zero-order valence-corrected chi connectivity index (χ0v) is 14.3. The average molecular weight is 337 g/mol. The van der Waals surface area contributed by atoms with Crippen LogP contribution in [0.5, 0.6) is 0 Å². The van der Waals surface area contributed by atoms with Gasteiger partial charge in [0.2, 0.25) is 10.0 Å². The Labute approximate surface area is 132 Å². The SMILES string of the molecule is Cc1cc(S(=O)(=O)N2CCNC(C)C2C)cc(C)c1F.Cl. The van der Waals surface area contributed by atoms with E-state index in [4.69, 9.17) is 0 Å². The number of sulfonamides is 1. The lowest BCUT2D eigenvalue weighted by atomic mass is 10.1. The quantitative estimate of drug-likeness (QED) is 0.901. The third kappa shape index (κ3) is 3.39. The van der Waals surface area contributed by atoms with Crippen LogP contribution in [-0.4, -0.2) is 37.9 Å². The van der Waals surface area contributed by atoms with Crippen LogP contribution in [0.4, 0.5) is 4.39 Å². The van der Waals surface area contributed by atoms with E-state index in [0.29, 0.717) is 24.2 Å². The topological polar surface area (TPSA) is 49.4 Å². The predicted octanol–water partition coefficient (Wildman–Crippen LogP) is 2.24. The van der Waals surface area contributed by atoms with Gasteiger partial charge in [-0.1, -0.05) is 0 Å². The summed E-state index contributed by atoms with van der Waals surface area (Å²) >= 11 is 0. The Morgan fingerprint density at radius 3 is 2.29 bits per heavy atom. The molecular weight excluding hydrogens is 315 g/mol. The maximum Gasteiger partial charge on any atom is 0.243 e. The van der Waals surface area contributed by atoms with Crippen LogP contribution in [0, 0.1) is 19.7 Å². The number of piperazine rings is 1. The third-order valence-electron chi connectivity index (χ3n) is 3.99. The molecule has 0 aromatic heterocycles. The van der Waals surface area contributed by atoms with E-state index in [9.17, 15) is 12.8 Å². The minimum Gasteiger partial charge on any atom is -0.311 e. The number of hydrogen-bond acceptors (Lipinski definition) is 3. The third-order valence-corrected chi connectivity index (χ3v) is 5.96. The van der Waals surface area contributed by atoms with Crippen LogP contribution >= 0.6 is 12.4 Å². The molecule has 1 aliphatic heterocycles. The van der Waals surface area contributed by atoms with Crippen LogP contribution in [0.15, 0.2) is 17.0 Å². The Morgan fingerprint density at radius 1 is 1.24 bits per heavy atom. The van der Waals surface area contributed by atoms with E-state index in [1.165, 1.54) is 16.4 Å². The molecule has 0 radical (unpaired) electrons. The van der Waals surface area contributed by atoms with E-state index >= 15 is 0 Å². The van der Waals surface area contributed by atoms with Gasteiger partial charge in [-0.2, -0.15) is 4.31 Å². The summed E-state index contributed by atoms with van der Waals surface area (Å²) in [5.74, 6) is -0.342. The molecule has 1 aromatic rings. The molecule has 7 heteroatoms. The van der Waals surface area contributed by atoms with Crippen LogP contribution in [0.1, 0.15) is 25.0 Å². The van der Waals surface area contributed by atoms with Gasteiger partial charge >= 0.3 is 0 Å². The van der Waals surface area contributed by atoms with Crippen LogP contribution in [-0.2, 0) is 10.0 Å². The van der Waals surface area contributed by atoms with Gasteiger partial charge in [-0.25, -0.2) is 12.8 Å². The molecule has 0 aliphatic carbocycles. The standard InChI is InChI=1S/C14H21FN2O2S.ClH/c1-9-7-13(8-10(2)14(9)15)20(18,19)17-6-5-16-11(3)12(17)4;/h7-8,11-12,16H,5-6H2,1-4H3;1H. The summed E-state index contributed by atoms with van der Waals surface area (Å²) in [7, 11) is -3.58. The van der Waals surface area contributed by atoms with Gasteiger partial charge in [0.05, 0.1) is 4.90 Å². The second-order valence-electron chi connectivity index (χ2n) is 5.47. The van der Waals surface area contributed by atoms with Crippen molar-refractivity contribution in [3.8, 4) is 0 Å². The lowest BCUT2D eigenvalue weighted by Crippen LogP contribution is -2.57. The van der Waals surface area contributed by atoms with Crippen molar-refractivity contribution in [1.82, 2.24) is 9.62 Å². The molecular formula is C14H22ClFN2O2S. The highest BCUT2D eigenvalue weighted by Gasteiger charge is 2.34. The molecule has 1 fully saturated rings. The fourth-order valence-corrected chi connectivity index (χ4v) is 4.43. The molecule has 1 heterocycles. The Morgan fingerprint density at radius 2 is 1.76 bits per heavy atom. The first-order chi connectivity index (χ1) is 9.25. The number of aryl methyl sites for hydroxylation is 2. The molecule has 1 saturated heterocycles. The van der Waals surface area contributed by atoms with Crippen molar-refractivity contribution in [3.05, 3.63) is 29.1 Å². The van der Waals surface area contributed by atoms with E-state index in [1.807, 2.05) is 13.8 Å². The largest absolute Gasteiger partial charge is 0.311 e. The maximum absolute atomic E-state index is 13.7. The monoisotopic (exact) mass is 336 g/mol. The molecule has 1 aliphatic rings. The van der Waals surface area contributed by atoms with Gasteiger partial charge in [0.15, 0.2) is 0 Å². The van der Waals surface area contributed by atoms with Crippen molar-refractivity contribution >= 4 is 22.4 Å². The predicted molar refractivity (Wildman–Crippen MR) is 83.9 cm³/mol. The van der Waals surface area contributed by atoms with Crippen LogP contribution in [0.2, 0.25) is 0 Å². The molecule has 0 saturated carbocycles. The minimum absolute atomic E-state index is 0. The van der Waals surface area contributed by atoms with E-state index in [2.05, 4.69) is 5.32 Å². The van der Waals surface area contributed by atoms with E-state index in [1.54, 1.807) is 13.8 Å². The van der Waals surface area contributed by atoms with Crippen molar-refractivity contribution in [2.24, 2.45) is 0 Å².